The first kappa shape index (κ1) is 18.1. The van der Waals surface area contributed by atoms with Crippen molar-refractivity contribution in [3.8, 4) is 5.75 Å². The van der Waals surface area contributed by atoms with Gasteiger partial charge in [0, 0.05) is 12.0 Å². The Bertz CT molecular complexity index is 628. The van der Waals surface area contributed by atoms with Gasteiger partial charge in [-0.25, -0.2) is 4.79 Å². The summed E-state index contributed by atoms with van der Waals surface area (Å²) >= 11 is 0. The molecule has 4 heteroatoms. The summed E-state index contributed by atoms with van der Waals surface area (Å²) in [6.07, 6.45) is 5.16. The van der Waals surface area contributed by atoms with Crippen LogP contribution in [0, 0.1) is 0 Å². The number of amides is 1. The van der Waals surface area contributed by atoms with Gasteiger partial charge in [0.15, 0.2) is 0 Å². The molecule has 2 aliphatic rings. The van der Waals surface area contributed by atoms with Crippen molar-refractivity contribution in [2.75, 3.05) is 13.7 Å². The van der Waals surface area contributed by atoms with E-state index >= 15 is 0 Å². The van der Waals surface area contributed by atoms with E-state index in [9.17, 15) is 4.79 Å². The van der Waals surface area contributed by atoms with Crippen LogP contribution in [-0.2, 0) is 10.2 Å². The molecule has 0 N–H and O–H groups in total. The van der Waals surface area contributed by atoms with Gasteiger partial charge in [-0.2, -0.15) is 0 Å². The van der Waals surface area contributed by atoms with Crippen molar-refractivity contribution in [3.05, 3.63) is 29.8 Å². The van der Waals surface area contributed by atoms with Crippen molar-refractivity contribution in [1.82, 2.24) is 4.90 Å². The highest BCUT2D eigenvalue weighted by atomic mass is 16.6. The Hall–Kier alpha value is -1.71. The Kier molecular flexibility index (Phi) is 4.50. The van der Waals surface area contributed by atoms with Crippen molar-refractivity contribution in [2.24, 2.45) is 0 Å². The second kappa shape index (κ2) is 6.22. The molecule has 138 valence electrons. The zero-order chi connectivity index (χ0) is 18.3. The van der Waals surface area contributed by atoms with Crippen LogP contribution >= 0.6 is 0 Å². The average Bonchev–Trinajstić information content (AvgIpc) is 3.26. The third-order valence-corrected chi connectivity index (χ3v) is 5.97. The summed E-state index contributed by atoms with van der Waals surface area (Å²) in [6.45, 7) is 8.81. The minimum Gasteiger partial charge on any atom is -0.497 e. The zero-order valence-electron chi connectivity index (χ0n) is 16.2. The third kappa shape index (κ3) is 3.00. The lowest BCUT2D eigenvalue weighted by Crippen LogP contribution is -2.56. The van der Waals surface area contributed by atoms with Crippen LogP contribution in [0.1, 0.15) is 65.4 Å². The zero-order valence-corrected chi connectivity index (χ0v) is 16.2. The van der Waals surface area contributed by atoms with Crippen LogP contribution in [-0.4, -0.2) is 35.8 Å². The molecule has 1 atom stereocenters. The lowest BCUT2D eigenvalue weighted by atomic mass is 9.72. The predicted octanol–water partition coefficient (Wildman–Crippen LogP) is 4.91. The number of nitrogens with zero attached hydrogens (tertiary/aromatic N) is 1. The number of likely N-dealkylation sites (tertiary alicyclic amines) is 1. The van der Waals surface area contributed by atoms with E-state index in [2.05, 4.69) is 19.1 Å². The van der Waals surface area contributed by atoms with E-state index in [1.54, 1.807) is 7.11 Å². The standard InChI is InChI=1S/C21H31NO3/c1-6-21(12-7-15-22(21)18(23)25-19(2,3)4)20(13-14-20)16-8-10-17(24-5)11-9-16/h8-11H,6-7,12-15H2,1-5H3. The first-order valence-electron chi connectivity index (χ1n) is 9.43. The minimum atomic E-state index is -0.462. The Labute approximate surface area is 151 Å². The maximum absolute atomic E-state index is 12.9. The van der Waals surface area contributed by atoms with E-state index in [-0.39, 0.29) is 17.0 Å². The number of benzene rings is 1. The maximum Gasteiger partial charge on any atom is 0.410 e. The van der Waals surface area contributed by atoms with Crippen LogP contribution < -0.4 is 4.74 Å². The van der Waals surface area contributed by atoms with E-state index in [1.807, 2.05) is 37.8 Å². The molecule has 1 aromatic carbocycles. The molecule has 1 saturated heterocycles. The van der Waals surface area contributed by atoms with Gasteiger partial charge in [-0.15, -0.1) is 0 Å². The van der Waals surface area contributed by atoms with Crippen molar-refractivity contribution in [1.29, 1.82) is 0 Å². The van der Waals surface area contributed by atoms with Crippen molar-refractivity contribution < 1.29 is 14.3 Å². The van der Waals surface area contributed by atoms with Crippen molar-refractivity contribution >= 4 is 6.09 Å². The number of ether oxygens (including phenoxy) is 2. The first-order valence-corrected chi connectivity index (χ1v) is 9.43. The van der Waals surface area contributed by atoms with E-state index in [0.29, 0.717) is 0 Å². The molecule has 0 aromatic heterocycles. The summed E-state index contributed by atoms with van der Waals surface area (Å²) in [5.74, 6) is 0.875. The molecule has 2 fully saturated rings. The number of hydrogen-bond acceptors (Lipinski definition) is 3. The molecule has 1 heterocycles. The predicted molar refractivity (Wildman–Crippen MR) is 99.1 cm³/mol. The Morgan fingerprint density at radius 2 is 1.80 bits per heavy atom. The fourth-order valence-corrected chi connectivity index (χ4v) is 4.72. The molecule has 0 spiro atoms. The van der Waals surface area contributed by atoms with E-state index < -0.39 is 5.60 Å². The summed E-state index contributed by atoms with van der Waals surface area (Å²) in [4.78, 5) is 15.0. The molecule has 1 aliphatic heterocycles. The van der Waals surface area contributed by atoms with Crippen LogP contribution in [0.3, 0.4) is 0 Å². The summed E-state index contributed by atoms with van der Waals surface area (Å²) in [5, 5.41) is 0. The first-order chi connectivity index (χ1) is 11.8. The fourth-order valence-electron chi connectivity index (χ4n) is 4.72. The molecular weight excluding hydrogens is 314 g/mol. The highest BCUT2D eigenvalue weighted by Crippen LogP contribution is 2.62. The molecular formula is C21H31NO3. The lowest BCUT2D eigenvalue weighted by molar-refractivity contribution is -0.00146. The molecule has 1 aromatic rings. The monoisotopic (exact) mass is 345 g/mol. The summed E-state index contributed by atoms with van der Waals surface area (Å²) in [5.41, 5.74) is 0.784. The average molecular weight is 345 g/mol. The van der Waals surface area contributed by atoms with Gasteiger partial charge in [-0.05, 0) is 70.6 Å². The largest absolute Gasteiger partial charge is 0.497 e. The second-order valence-electron chi connectivity index (χ2n) is 8.43. The molecule has 1 unspecified atom stereocenters. The van der Waals surface area contributed by atoms with Gasteiger partial charge in [0.25, 0.3) is 0 Å². The van der Waals surface area contributed by atoms with Gasteiger partial charge < -0.3 is 14.4 Å². The summed E-state index contributed by atoms with van der Waals surface area (Å²) < 4.78 is 11.0. The number of carbonyl (C=O) groups is 1. The van der Waals surface area contributed by atoms with Crippen LogP contribution in [0.4, 0.5) is 4.79 Å². The van der Waals surface area contributed by atoms with Gasteiger partial charge in [0.1, 0.15) is 11.4 Å². The molecule has 4 nitrogen and oxygen atoms in total. The molecule has 1 amide bonds. The number of hydrogen-bond donors (Lipinski definition) is 0. The number of carbonyl (C=O) groups excluding carboxylic acids is 1. The quantitative estimate of drug-likeness (QED) is 0.778. The van der Waals surface area contributed by atoms with Crippen molar-refractivity contribution in [3.63, 3.8) is 0 Å². The highest BCUT2D eigenvalue weighted by Gasteiger charge is 2.64. The normalized spacial score (nSPS) is 24.9. The Morgan fingerprint density at radius 3 is 2.28 bits per heavy atom. The van der Waals surface area contributed by atoms with Crippen LogP contribution in [0.25, 0.3) is 0 Å². The van der Waals surface area contributed by atoms with Gasteiger partial charge >= 0.3 is 6.09 Å². The Balaban J connectivity index is 1.94. The van der Waals surface area contributed by atoms with Crippen LogP contribution in [0.2, 0.25) is 0 Å². The maximum atomic E-state index is 12.9. The van der Waals surface area contributed by atoms with E-state index in [4.69, 9.17) is 9.47 Å². The van der Waals surface area contributed by atoms with Gasteiger partial charge in [-0.3, -0.25) is 0 Å². The molecule has 1 aliphatic carbocycles. The minimum absolute atomic E-state index is 0.0570. The highest BCUT2D eigenvalue weighted by molar-refractivity contribution is 5.70. The van der Waals surface area contributed by atoms with Crippen molar-refractivity contribution in [2.45, 2.75) is 76.4 Å². The van der Waals surface area contributed by atoms with Crippen LogP contribution in [0.5, 0.6) is 5.75 Å². The van der Waals surface area contributed by atoms with Gasteiger partial charge in [0.2, 0.25) is 0 Å². The number of methoxy groups -OCH3 is 1. The third-order valence-electron chi connectivity index (χ3n) is 5.97. The molecule has 1 saturated carbocycles. The topological polar surface area (TPSA) is 38.8 Å². The second-order valence-corrected chi connectivity index (χ2v) is 8.43. The Morgan fingerprint density at radius 1 is 1.16 bits per heavy atom. The molecule has 0 bridgehead atoms. The smallest absolute Gasteiger partial charge is 0.410 e. The molecule has 25 heavy (non-hydrogen) atoms. The number of rotatable bonds is 4. The molecule has 3 rings (SSSR count). The van der Waals surface area contributed by atoms with Gasteiger partial charge in [-0.1, -0.05) is 19.1 Å². The summed E-state index contributed by atoms with van der Waals surface area (Å²) in [7, 11) is 1.69. The summed E-state index contributed by atoms with van der Waals surface area (Å²) in [6, 6.07) is 8.42. The van der Waals surface area contributed by atoms with Crippen LogP contribution in [0.15, 0.2) is 24.3 Å². The van der Waals surface area contributed by atoms with Gasteiger partial charge in [0.05, 0.1) is 12.6 Å². The fraction of sp³-hybridized carbons (Fsp3) is 0.667. The SMILES string of the molecule is CCC1(C2(c3ccc(OC)cc3)CC2)CCCN1C(=O)OC(C)(C)C. The van der Waals surface area contributed by atoms with E-state index in [1.165, 1.54) is 5.56 Å². The van der Waals surface area contributed by atoms with E-state index in [0.717, 1.165) is 44.4 Å². The lowest BCUT2D eigenvalue weighted by Gasteiger charge is -2.45. The molecule has 0 radical (unpaired) electrons.